The summed E-state index contributed by atoms with van der Waals surface area (Å²) in [7, 11) is 0. The number of anilines is 1. The first-order valence-electron chi connectivity index (χ1n) is 5.22. The van der Waals surface area contributed by atoms with Crippen LogP contribution >= 0.6 is 39.1 Å². The third kappa shape index (κ3) is 3.43. The number of hydrogen-bond donors (Lipinski definition) is 1. The smallest absolute Gasteiger partial charge is 0.275 e. The van der Waals surface area contributed by atoms with E-state index in [1.165, 1.54) is 12.4 Å². The lowest BCUT2D eigenvalue weighted by molar-refractivity contribution is 0.102. The molecule has 0 unspecified atom stereocenters. The van der Waals surface area contributed by atoms with Crippen molar-refractivity contribution in [2.45, 2.75) is 6.92 Å². The molecule has 0 aliphatic rings. The Morgan fingerprint density at radius 1 is 1.26 bits per heavy atom. The molecule has 0 bridgehead atoms. The molecule has 19 heavy (non-hydrogen) atoms. The second-order valence-electron chi connectivity index (χ2n) is 3.76. The molecule has 1 heterocycles. The quantitative estimate of drug-likeness (QED) is 0.876. The lowest BCUT2D eigenvalue weighted by Gasteiger charge is -2.09. The largest absolute Gasteiger partial charge is 0.320 e. The van der Waals surface area contributed by atoms with Gasteiger partial charge >= 0.3 is 0 Å². The maximum Gasteiger partial charge on any atom is 0.275 e. The van der Waals surface area contributed by atoms with Gasteiger partial charge in [-0.25, -0.2) is 9.97 Å². The molecule has 4 nitrogen and oxygen atoms in total. The highest BCUT2D eigenvalue weighted by atomic mass is 79.9. The van der Waals surface area contributed by atoms with Crippen LogP contribution in [-0.2, 0) is 0 Å². The van der Waals surface area contributed by atoms with Crippen LogP contribution in [0.2, 0.25) is 10.2 Å². The molecule has 0 aliphatic carbocycles. The number of rotatable bonds is 2. The van der Waals surface area contributed by atoms with Crippen molar-refractivity contribution in [3.8, 4) is 0 Å². The highest BCUT2D eigenvalue weighted by Crippen LogP contribution is 2.29. The van der Waals surface area contributed by atoms with Gasteiger partial charge in [0.1, 0.15) is 10.8 Å². The minimum atomic E-state index is -0.384. The Kier molecular flexibility index (Phi) is 4.39. The van der Waals surface area contributed by atoms with Crippen molar-refractivity contribution >= 4 is 50.7 Å². The standard InChI is InChI=1S/C12H8BrCl2N3O/c1-6-2-7(13)9(3-8(6)14)18-12(19)10-4-17-11(15)5-16-10/h2-5H,1H3,(H,18,19). The van der Waals surface area contributed by atoms with Gasteiger partial charge in [-0.1, -0.05) is 23.2 Å². The molecule has 0 saturated carbocycles. The fourth-order valence-corrected chi connectivity index (χ4v) is 2.18. The van der Waals surface area contributed by atoms with Crippen molar-refractivity contribution in [1.29, 1.82) is 0 Å². The van der Waals surface area contributed by atoms with Crippen molar-refractivity contribution < 1.29 is 4.79 Å². The molecule has 1 aromatic heterocycles. The molecule has 2 rings (SSSR count). The summed E-state index contributed by atoms with van der Waals surface area (Å²) in [5.74, 6) is -0.384. The average molecular weight is 361 g/mol. The molecule has 0 atom stereocenters. The van der Waals surface area contributed by atoms with E-state index in [0.29, 0.717) is 10.7 Å². The Labute approximate surface area is 128 Å². The first-order valence-corrected chi connectivity index (χ1v) is 6.77. The van der Waals surface area contributed by atoms with Crippen LogP contribution in [0.5, 0.6) is 0 Å². The number of aryl methyl sites for hydroxylation is 1. The van der Waals surface area contributed by atoms with Crippen molar-refractivity contribution in [3.05, 3.63) is 50.4 Å². The van der Waals surface area contributed by atoms with E-state index in [-0.39, 0.29) is 16.8 Å². The van der Waals surface area contributed by atoms with Crippen molar-refractivity contribution in [3.63, 3.8) is 0 Å². The molecule has 0 saturated heterocycles. The maximum absolute atomic E-state index is 12.0. The highest BCUT2D eigenvalue weighted by molar-refractivity contribution is 9.10. The fraction of sp³-hybridized carbons (Fsp3) is 0.0833. The van der Waals surface area contributed by atoms with Gasteiger partial charge in [0.2, 0.25) is 0 Å². The van der Waals surface area contributed by atoms with Crippen LogP contribution in [0.25, 0.3) is 0 Å². The Morgan fingerprint density at radius 2 is 2.00 bits per heavy atom. The van der Waals surface area contributed by atoms with E-state index in [2.05, 4.69) is 31.2 Å². The van der Waals surface area contributed by atoms with Crippen molar-refractivity contribution in [2.75, 3.05) is 5.32 Å². The maximum atomic E-state index is 12.0. The van der Waals surface area contributed by atoms with Gasteiger partial charge in [0.05, 0.1) is 18.1 Å². The second kappa shape index (κ2) is 5.86. The predicted octanol–water partition coefficient (Wildman–Crippen LogP) is 4.11. The second-order valence-corrected chi connectivity index (χ2v) is 5.41. The van der Waals surface area contributed by atoms with Crippen LogP contribution in [0.1, 0.15) is 16.1 Å². The molecule has 0 radical (unpaired) electrons. The van der Waals surface area contributed by atoms with Crippen LogP contribution in [0.4, 0.5) is 5.69 Å². The summed E-state index contributed by atoms with van der Waals surface area (Å²) < 4.78 is 0.740. The van der Waals surface area contributed by atoms with Gasteiger partial charge in [-0.2, -0.15) is 0 Å². The fourth-order valence-electron chi connectivity index (χ4n) is 1.36. The van der Waals surface area contributed by atoms with Gasteiger partial charge in [-0.05, 0) is 40.5 Å². The molecule has 7 heteroatoms. The normalized spacial score (nSPS) is 10.3. The van der Waals surface area contributed by atoms with E-state index in [4.69, 9.17) is 23.2 Å². The van der Waals surface area contributed by atoms with Crippen LogP contribution in [0.3, 0.4) is 0 Å². The molecule has 1 aromatic carbocycles. The number of halogens is 3. The first kappa shape index (κ1) is 14.2. The van der Waals surface area contributed by atoms with Crippen molar-refractivity contribution in [1.82, 2.24) is 9.97 Å². The Balaban J connectivity index is 2.24. The Hall–Kier alpha value is -1.17. The van der Waals surface area contributed by atoms with Crippen LogP contribution in [0, 0.1) is 6.92 Å². The number of amides is 1. The summed E-state index contributed by atoms with van der Waals surface area (Å²) in [5, 5.41) is 3.50. The first-order chi connectivity index (χ1) is 8.97. The van der Waals surface area contributed by atoms with Gasteiger partial charge < -0.3 is 5.32 Å². The minimum Gasteiger partial charge on any atom is -0.320 e. The number of nitrogens with zero attached hydrogens (tertiary/aromatic N) is 2. The summed E-state index contributed by atoms with van der Waals surface area (Å²) >= 11 is 15.0. The van der Waals surface area contributed by atoms with Gasteiger partial charge in [0, 0.05) is 9.50 Å². The summed E-state index contributed by atoms with van der Waals surface area (Å²) in [5.41, 5.74) is 1.66. The molecular weight excluding hydrogens is 353 g/mol. The molecular formula is C12H8BrCl2N3O. The van der Waals surface area contributed by atoms with Crippen LogP contribution in [0.15, 0.2) is 29.0 Å². The monoisotopic (exact) mass is 359 g/mol. The van der Waals surface area contributed by atoms with Crippen LogP contribution < -0.4 is 5.32 Å². The Bertz CT molecular complexity index is 632. The van der Waals surface area contributed by atoms with E-state index in [1.54, 1.807) is 6.07 Å². The van der Waals surface area contributed by atoms with E-state index in [0.717, 1.165) is 10.0 Å². The number of nitrogens with one attached hydrogen (secondary N) is 1. The number of benzene rings is 1. The number of hydrogen-bond acceptors (Lipinski definition) is 3. The zero-order chi connectivity index (χ0) is 14.0. The Morgan fingerprint density at radius 3 is 2.63 bits per heavy atom. The number of carbonyl (C=O) groups excluding carboxylic acids is 1. The molecule has 98 valence electrons. The van der Waals surface area contributed by atoms with Gasteiger partial charge in [-0.3, -0.25) is 4.79 Å². The topological polar surface area (TPSA) is 54.9 Å². The molecule has 2 aromatic rings. The molecule has 1 amide bonds. The summed E-state index contributed by atoms with van der Waals surface area (Å²) in [6.45, 7) is 1.88. The molecule has 1 N–H and O–H groups in total. The predicted molar refractivity (Wildman–Crippen MR) is 78.9 cm³/mol. The van der Waals surface area contributed by atoms with Gasteiger partial charge in [-0.15, -0.1) is 0 Å². The average Bonchev–Trinajstić information content (AvgIpc) is 2.36. The number of carbonyl (C=O) groups is 1. The van der Waals surface area contributed by atoms with Gasteiger partial charge in [0.25, 0.3) is 5.91 Å². The molecule has 0 fully saturated rings. The third-order valence-electron chi connectivity index (χ3n) is 2.35. The highest BCUT2D eigenvalue weighted by Gasteiger charge is 2.11. The van der Waals surface area contributed by atoms with E-state index >= 15 is 0 Å². The lowest BCUT2D eigenvalue weighted by atomic mass is 10.2. The zero-order valence-electron chi connectivity index (χ0n) is 9.75. The third-order valence-corrected chi connectivity index (χ3v) is 3.61. The molecule has 0 aliphatic heterocycles. The van der Waals surface area contributed by atoms with E-state index < -0.39 is 0 Å². The van der Waals surface area contributed by atoms with E-state index in [1.807, 2.05) is 13.0 Å². The van der Waals surface area contributed by atoms with Crippen molar-refractivity contribution in [2.24, 2.45) is 0 Å². The lowest BCUT2D eigenvalue weighted by Crippen LogP contribution is -2.14. The SMILES string of the molecule is Cc1cc(Br)c(NC(=O)c2cnc(Cl)cn2)cc1Cl. The zero-order valence-corrected chi connectivity index (χ0v) is 12.8. The van der Waals surface area contributed by atoms with Crippen LogP contribution in [-0.4, -0.2) is 15.9 Å². The minimum absolute atomic E-state index is 0.174. The summed E-state index contributed by atoms with van der Waals surface area (Å²) in [4.78, 5) is 19.6. The van der Waals surface area contributed by atoms with E-state index in [9.17, 15) is 4.79 Å². The molecule has 0 spiro atoms. The number of aromatic nitrogens is 2. The van der Waals surface area contributed by atoms with Gasteiger partial charge in [0.15, 0.2) is 0 Å². The summed E-state index contributed by atoms with van der Waals surface area (Å²) in [6.07, 6.45) is 2.62. The summed E-state index contributed by atoms with van der Waals surface area (Å²) in [6, 6.07) is 3.49.